The van der Waals surface area contributed by atoms with Crippen LogP contribution < -0.4 is 10.6 Å². The number of carbonyl (C=O) groups is 1. The van der Waals surface area contributed by atoms with Gasteiger partial charge in [-0.15, -0.1) is 0 Å². The number of rotatable bonds is 3. The number of para-hydroxylation sites is 1. The van der Waals surface area contributed by atoms with Crippen LogP contribution in [0.4, 0.5) is 5.69 Å². The highest BCUT2D eigenvalue weighted by Crippen LogP contribution is 2.32. The maximum atomic E-state index is 12.4. The predicted molar refractivity (Wildman–Crippen MR) is 91.9 cm³/mol. The number of H-pyrrole nitrogens is 1. The quantitative estimate of drug-likeness (QED) is 0.690. The van der Waals surface area contributed by atoms with Gasteiger partial charge in [-0.05, 0) is 29.8 Å². The third-order valence-corrected chi connectivity index (χ3v) is 4.21. The van der Waals surface area contributed by atoms with Crippen molar-refractivity contribution in [2.45, 2.75) is 12.3 Å². The Labute approximate surface area is 134 Å². The Kier molecular flexibility index (Phi) is 3.35. The molecule has 0 aliphatic carbocycles. The minimum atomic E-state index is -0.189. The van der Waals surface area contributed by atoms with Crippen molar-refractivity contribution in [3.05, 3.63) is 78.3 Å². The Morgan fingerprint density at radius 2 is 1.87 bits per heavy atom. The maximum Gasteiger partial charge on any atom is 0.231 e. The van der Waals surface area contributed by atoms with E-state index in [0.717, 1.165) is 27.9 Å². The van der Waals surface area contributed by atoms with E-state index in [0.29, 0.717) is 6.42 Å². The van der Waals surface area contributed by atoms with Crippen molar-refractivity contribution >= 4 is 22.5 Å². The number of nitrogens with one attached hydrogen (secondary N) is 3. The Morgan fingerprint density at radius 3 is 2.74 bits per heavy atom. The van der Waals surface area contributed by atoms with Gasteiger partial charge in [0.2, 0.25) is 5.91 Å². The van der Waals surface area contributed by atoms with Gasteiger partial charge < -0.3 is 15.6 Å². The fraction of sp³-hybridized carbons (Fsp3) is 0.105. The molecule has 1 aliphatic rings. The van der Waals surface area contributed by atoms with Gasteiger partial charge in [-0.3, -0.25) is 4.79 Å². The van der Waals surface area contributed by atoms with E-state index in [1.807, 2.05) is 60.8 Å². The zero-order valence-corrected chi connectivity index (χ0v) is 12.5. The number of allylic oxidation sites excluding steroid dienone is 1. The molecule has 1 amide bonds. The lowest BCUT2D eigenvalue weighted by Gasteiger charge is -2.24. The fourth-order valence-electron chi connectivity index (χ4n) is 3.09. The lowest BCUT2D eigenvalue weighted by atomic mass is 9.89. The molecule has 3 aromatic rings. The van der Waals surface area contributed by atoms with Crippen LogP contribution in [0.2, 0.25) is 0 Å². The van der Waals surface area contributed by atoms with Crippen LogP contribution in [0.1, 0.15) is 17.9 Å². The summed E-state index contributed by atoms with van der Waals surface area (Å²) in [4.78, 5) is 15.6. The van der Waals surface area contributed by atoms with Gasteiger partial charge in [0.25, 0.3) is 0 Å². The molecule has 0 saturated carbocycles. The van der Waals surface area contributed by atoms with Crippen LogP contribution in [0.3, 0.4) is 0 Å². The zero-order chi connectivity index (χ0) is 15.6. The van der Waals surface area contributed by atoms with Crippen molar-refractivity contribution in [3.8, 4) is 0 Å². The van der Waals surface area contributed by atoms with Crippen molar-refractivity contribution in [1.82, 2.24) is 10.3 Å². The fourth-order valence-corrected chi connectivity index (χ4v) is 3.09. The first-order valence-electron chi connectivity index (χ1n) is 7.69. The van der Waals surface area contributed by atoms with Crippen LogP contribution in [0.25, 0.3) is 10.9 Å². The Bertz CT molecular complexity index is 880. The molecular formula is C19H17N3O. The van der Waals surface area contributed by atoms with E-state index in [4.69, 9.17) is 0 Å². The lowest BCUT2D eigenvalue weighted by Crippen LogP contribution is -2.31. The summed E-state index contributed by atoms with van der Waals surface area (Å²) >= 11 is 0. The summed E-state index contributed by atoms with van der Waals surface area (Å²) in [5, 5.41) is 7.37. The minimum absolute atomic E-state index is 0.0392. The average Bonchev–Trinajstić information content (AvgIpc) is 3.06. The molecule has 0 radical (unpaired) electrons. The summed E-state index contributed by atoms with van der Waals surface area (Å²) in [5.74, 6) is -0.150. The van der Waals surface area contributed by atoms with Gasteiger partial charge in [0, 0.05) is 41.1 Å². The smallest absolute Gasteiger partial charge is 0.231 e. The van der Waals surface area contributed by atoms with E-state index in [9.17, 15) is 4.79 Å². The van der Waals surface area contributed by atoms with E-state index < -0.39 is 0 Å². The molecule has 2 aromatic carbocycles. The first-order chi connectivity index (χ1) is 11.3. The number of carbonyl (C=O) groups excluding carboxylic acids is 1. The number of benzene rings is 2. The SMILES string of the molecule is O=C1NC=C(Nc2ccccc2)CC1c1cccc2[nH]ccc12. The van der Waals surface area contributed by atoms with Crippen LogP contribution >= 0.6 is 0 Å². The molecule has 4 rings (SSSR count). The van der Waals surface area contributed by atoms with Crippen LogP contribution in [0.15, 0.2) is 72.7 Å². The second-order valence-electron chi connectivity index (χ2n) is 5.71. The summed E-state index contributed by atoms with van der Waals surface area (Å²) in [6.07, 6.45) is 4.34. The molecule has 0 spiro atoms. The highest BCUT2D eigenvalue weighted by atomic mass is 16.1. The van der Waals surface area contributed by atoms with E-state index in [1.165, 1.54) is 0 Å². The first-order valence-corrected chi connectivity index (χ1v) is 7.69. The van der Waals surface area contributed by atoms with Crippen molar-refractivity contribution in [3.63, 3.8) is 0 Å². The molecule has 1 aromatic heterocycles. The Morgan fingerprint density at radius 1 is 1.00 bits per heavy atom. The van der Waals surface area contributed by atoms with Gasteiger partial charge in [0.1, 0.15) is 0 Å². The standard InChI is InChI=1S/C19H17N3O/c23-19-17(15-7-4-8-18-16(15)9-10-20-18)11-14(12-21-19)22-13-5-2-1-3-6-13/h1-10,12,17,20,22H,11H2,(H,21,23). The van der Waals surface area contributed by atoms with E-state index in [2.05, 4.69) is 15.6 Å². The van der Waals surface area contributed by atoms with Crippen LogP contribution in [-0.2, 0) is 4.79 Å². The molecule has 2 heterocycles. The van der Waals surface area contributed by atoms with E-state index >= 15 is 0 Å². The first kappa shape index (κ1) is 13.6. The highest BCUT2D eigenvalue weighted by Gasteiger charge is 2.26. The number of hydrogen-bond acceptors (Lipinski definition) is 2. The van der Waals surface area contributed by atoms with Crippen LogP contribution in [0.5, 0.6) is 0 Å². The summed E-state index contributed by atoms with van der Waals surface area (Å²) in [6.45, 7) is 0. The van der Waals surface area contributed by atoms with Crippen LogP contribution in [0, 0.1) is 0 Å². The Hall–Kier alpha value is -3.01. The molecule has 114 valence electrons. The van der Waals surface area contributed by atoms with Crippen molar-refractivity contribution in [1.29, 1.82) is 0 Å². The van der Waals surface area contributed by atoms with Gasteiger partial charge in [0.15, 0.2) is 0 Å². The van der Waals surface area contributed by atoms with Gasteiger partial charge in [0.05, 0.1) is 5.92 Å². The number of anilines is 1. The van der Waals surface area contributed by atoms with Crippen molar-refractivity contribution in [2.75, 3.05) is 5.32 Å². The molecule has 4 heteroatoms. The summed E-state index contributed by atoms with van der Waals surface area (Å²) in [5.41, 5.74) is 4.14. The van der Waals surface area contributed by atoms with Gasteiger partial charge in [-0.2, -0.15) is 0 Å². The summed E-state index contributed by atoms with van der Waals surface area (Å²) in [7, 11) is 0. The van der Waals surface area contributed by atoms with Gasteiger partial charge >= 0.3 is 0 Å². The molecule has 1 atom stereocenters. The third-order valence-electron chi connectivity index (χ3n) is 4.21. The van der Waals surface area contributed by atoms with Crippen molar-refractivity contribution in [2.24, 2.45) is 0 Å². The number of amides is 1. The third kappa shape index (κ3) is 2.59. The normalized spacial score (nSPS) is 17.7. The number of aromatic amines is 1. The largest absolute Gasteiger partial charge is 0.361 e. The lowest BCUT2D eigenvalue weighted by molar-refractivity contribution is -0.122. The summed E-state index contributed by atoms with van der Waals surface area (Å²) < 4.78 is 0. The molecule has 0 saturated heterocycles. The van der Waals surface area contributed by atoms with Gasteiger partial charge in [-0.25, -0.2) is 0 Å². The predicted octanol–water partition coefficient (Wildman–Crippen LogP) is 3.72. The van der Waals surface area contributed by atoms with Crippen LogP contribution in [-0.4, -0.2) is 10.9 Å². The molecule has 1 aliphatic heterocycles. The maximum absolute atomic E-state index is 12.4. The number of hydrogen-bond donors (Lipinski definition) is 3. The molecule has 0 bridgehead atoms. The number of aromatic nitrogens is 1. The minimum Gasteiger partial charge on any atom is -0.361 e. The second-order valence-corrected chi connectivity index (χ2v) is 5.71. The Balaban J connectivity index is 1.64. The van der Waals surface area contributed by atoms with Gasteiger partial charge in [-0.1, -0.05) is 30.3 Å². The molecule has 1 unspecified atom stereocenters. The second kappa shape index (κ2) is 5.65. The summed E-state index contributed by atoms with van der Waals surface area (Å²) in [6, 6.07) is 18.1. The van der Waals surface area contributed by atoms with Crippen molar-refractivity contribution < 1.29 is 4.79 Å². The molecule has 23 heavy (non-hydrogen) atoms. The zero-order valence-electron chi connectivity index (χ0n) is 12.5. The molecule has 0 fully saturated rings. The topological polar surface area (TPSA) is 56.9 Å². The monoisotopic (exact) mass is 303 g/mol. The number of fused-ring (bicyclic) bond motifs is 1. The van der Waals surface area contributed by atoms with E-state index in [-0.39, 0.29) is 11.8 Å². The highest BCUT2D eigenvalue weighted by molar-refractivity contribution is 5.93. The van der Waals surface area contributed by atoms with E-state index in [1.54, 1.807) is 6.20 Å². The molecular weight excluding hydrogens is 286 g/mol. The average molecular weight is 303 g/mol. The molecule has 3 N–H and O–H groups in total. The molecule has 4 nitrogen and oxygen atoms in total.